The second-order valence-electron chi connectivity index (χ2n) is 5.78. The molecule has 0 saturated carbocycles. The standard InChI is InChI=1S/C16H22BrN3O/c1-12(2)16(3,11-18)19-15(21)10-20(4)9-13-7-5-6-8-14(13)17/h5-8,12H,9-10H2,1-4H3,(H,19,21). The number of benzene rings is 1. The number of carbonyl (C=O) groups excluding carboxylic acids is 1. The first-order chi connectivity index (χ1) is 9.78. The minimum absolute atomic E-state index is 0.0556. The highest BCUT2D eigenvalue weighted by Crippen LogP contribution is 2.18. The number of carbonyl (C=O) groups is 1. The molecule has 1 N–H and O–H groups in total. The molecule has 0 saturated heterocycles. The lowest BCUT2D eigenvalue weighted by molar-refractivity contribution is -0.123. The average molecular weight is 352 g/mol. The Morgan fingerprint density at radius 1 is 1.48 bits per heavy atom. The number of hydrogen-bond acceptors (Lipinski definition) is 3. The van der Waals surface area contributed by atoms with Crippen LogP contribution in [0.25, 0.3) is 0 Å². The van der Waals surface area contributed by atoms with E-state index in [1.165, 1.54) is 0 Å². The summed E-state index contributed by atoms with van der Waals surface area (Å²) in [7, 11) is 1.89. The van der Waals surface area contributed by atoms with Gasteiger partial charge in [0, 0.05) is 11.0 Å². The maximum Gasteiger partial charge on any atom is 0.235 e. The lowest BCUT2D eigenvalue weighted by Crippen LogP contribution is -2.51. The van der Waals surface area contributed by atoms with Gasteiger partial charge in [0.25, 0.3) is 0 Å². The molecule has 0 aliphatic carbocycles. The molecule has 4 nitrogen and oxygen atoms in total. The van der Waals surface area contributed by atoms with Gasteiger partial charge in [-0.1, -0.05) is 48.0 Å². The number of rotatable bonds is 6. The van der Waals surface area contributed by atoms with E-state index in [4.69, 9.17) is 0 Å². The predicted octanol–water partition coefficient (Wildman–Crippen LogP) is 2.94. The fourth-order valence-electron chi connectivity index (χ4n) is 1.85. The maximum atomic E-state index is 12.1. The molecule has 0 aromatic heterocycles. The summed E-state index contributed by atoms with van der Waals surface area (Å²) in [5.41, 5.74) is 0.297. The van der Waals surface area contributed by atoms with Gasteiger partial charge in [0.1, 0.15) is 5.54 Å². The van der Waals surface area contributed by atoms with Crippen LogP contribution in [0.5, 0.6) is 0 Å². The van der Waals surface area contributed by atoms with Crippen LogP contribution in [-0.4, -0.2) is 29.9 Å². The minimum atomic E-state index is -0.828. The molecule has 0 aliphatic rings. The normalized spacial score (nSPS) is 13.8. The van der Waals surface area contributed by atoms with Crippen molar-refractivity contribution in [3.63, 3.8) is 0 Å². The second-order valence-corrected chi connectivity index (χ2v) is 6.64. The molecular formula is C16H22BrN3O. The van der Waals surface area contributed by atoms with E-state index < -0.39 is 5.54 Å². The van der Waals surface area contributed by atoms with Crippen LogP contribution >= 0.6 is 15.9 Å². The van der Waals surface area contributed by atoms with E-state index in [0.29, 0.717) is 6.54 Å². The zero-order valence-corrected chi connectivity index (χ0v) is 14.6. The van der Waals surface area contributed by atoms with Crippen molar-refractivity contribution in [2.24, 2.45) is 5.92 Å². The van der Waals surface area contributed by atoms with Crippen molar-refractivity contribution >= 4 is 21.8 Å². The molecule has 0 spiro atoms. The molecule has 1 aromatic carbocycles. The third-order valence-electron chi connectivity index (χ3n) is 3.60. The van der Waals surface area contributed by atoms with Crippen LogP contribution in [-0.2, 0) is 11.3 Å². The van der Waals surface area contributed by atoms with Gasteiger partial charge >= 0.3 is 0 Å². The lowest BCUT2D eigenvalue weighted by Gasteiger charge is -2.28. The first-order valence-electron chi connectivity index (χ1n) is 6.92. The van der Waals surface area contributed by atoms with Gasteiger partial charge in [-0.15, -0.1) is 0 Å². The minimum Gasteiger partial charge on any atom is -0.337 e. The van der Waals surface area contributed by atoms with Crippen LogP contribution in [0.3, 0.4) is 0 Å². The van der Waals surface area contributed by atoms with Crippen LogP contribution in [0.1, 0.15) is 26.3 Å². The van der Waals surface area contributed by atoms with Crippen LogP contribution in [0.4, 0.5) is 0 Å². The third-order valence-corrected chi connectivity index (χ3v) is 4.37. The Morgan fingerprint density at radius 2 is 2.10 bits per heavy atom. The Bertz CT molecular complexity index is 539. The molecule has 1 atom stereocenters. The SMILES string of the molecule is CC(C)C(C)(C#N)NC(=O)CN(C)Cc1ccccc1Br. The molecule has 1 aromatic rings. The lowest BCUT2D eigenvalue weighted by atomic mass is 9.90. The molecule has 1 amide bonds. The molecule has 0 heterocycles. The quantitative estimate of drug-likeness (QED) is 0.857. The van der Waals surface area contributed by atoms with Crippen LogP contribution in [0.15, 0.2) is 28.7 Å². The van der Waals surface area contributed by atoms with Crippen LogP contribution in [0.2, 0.25) is 0 Å². The Hall–Kier alpha value is -1.38. The zero-order chi connectivity index (χ0) is 16.0. The molecule has 21 heavy (non-hydrogen) atoms. The Balaban J connectivity index is 2.59. The number of hydrogen-bond donors (Lipinski definition) is 1. The molecule has 0 bridgehead atoms. The summed E-state index contributed by atoms with van der Waals surface area (Å²) in [5.74, 6) is -0.0812. The van der Waals surface area contributed by atoms with Gasteiger partial charge in [-0.05, 0) is 31.5 Å². The average Bonchev–Trinajstić information content (AvgIpc) is 2.40. The highest BCUT2D eigenvalue weighted by atomic mass is 79.9. The van der Waals surface area contributed by atoms with Crippen molar-refractivity contribution in [3.8, 4) is 6.07 Å². The largest absolute Gasteiger partial charge is 0.337 e. The Morgan fingerprint density at radius 3 is 2.62 bits per heavy atom. The van der Waals surface area contributed by atoms with E-state index in [2.05, 4.69) is 27.3 Å². The number of amides is 1. The number of nitrogens with zero attached hydrogens (tertiary/aromatic N) is 2. The molecule has 0 fully saturated rings. The Kier molecular flexibility index (Phi) is 6.38. The van der Waals surface area contributed by atoms with Crippen LogP contribution in [0, 0.1) is 17.2 Å². The summed E-state index contributed by atoms with van der Waals surface area (Å²) in [6.45, 7) is 6.52. The molecule has 0 aliphatic heterocycles. The van der Waals surface area contributed by atoms with Crippen molar-refractivity contribution in [1.29, 1.82) is 5.26 Å². The summed E-state index contributed by atoms with van der Waals surface area (Å²) in [5, 5.41) is 12.0. The predicted molar refractivity (Wildman–Crippen MR) is 87.5 cm³/mol. The number of likely N-dealkylation sites (N-methyl/N-ethyl adjacent to an activating group) is 1. The summed E-state index contributed by atoms with van der Waals surface area (Å²) in [6.07, 6.45) is 0. The molecule has 0 radical (unpaired) electrons. The van der Waals surface area contributed by atoms with Gasteiger partial charge in [0.05, 0.1) is 12.6 Å². The van der Waals surface area contributed by atoms with Crippen molar-refractivity contribution in [3.05, 3.63) is 34.3 Å². The highest BCUT2D eigenvalue weighted by molar-refractivity contribution is 9.10. The Labute approximate surface area is 135 Å². The number of halogens is 1. The topological polar surface area (TPSA) is 56.1 Å². The fourth-order valence-corrected chi connectivity index (χ4v) is 2.26. The first-order valence-corrected chi connectivity index (χ1v) is 7.72. The number of nitriles is 1. The van der Waals surface area contributed by atoms with Crippen LogP contribution < -0.4 is 5.32 Å². The second kappa shape index (κ2) is 7.58. The monoisotopic (exact) mass is 351 g/mol. The van der Waals surface area contributed by atoms with Crippen molar-refractivity contribution in [2.75, 3.05) is 13.6 Å². The van der Waals surface area contributed by atoms with Crippen molar-refractivity contribution in [1.82, 2.24) is 10.2 Å². The summed E-state index contributed by atoms with van der Waals surface area (Å²) in [4.78, 5) is 14.0. The van der Waals surface area contributed by atoms with E-state index in [-0.39, 0.29) is 18.4 Å². The molecule has 1 unspecified atom stereocenters. The zero-order valence-electron chi connectivity index (χ0n) is 13.0. The number of nitrogens with one attached hydrogen (secondary N) is 1. The van der Waals surface area contributed by atoms with Crippen molar-refractivity contribution in [2.45, 2.75) is 32.9 Å². The molecule has 5 heteroatoms. The van der Waals surface area contributed by atoms with E-state index in [0.717, 1.165) is 10.0 Å². The third kappa shape index (κ3) is 5.14. The van der Waals surface area contributed by atoms with E-state index in [1.807, 2.05) is 50.1 Å². The van der Waals surface area contributed by atoms with Gasteiger partial charge in [0.2, 0.25) is 5.91 Å². The van der Waals surface area contributed by atoms with E-state index in [9.17, 15) is 10.1 Å². The fraction of sp³-hybridized carbons (Fsp3) is 0.500. The van der Waals surface area contributed by atoms with Gasteiger partial charge in [-0.3, -0.25) is 9.69 Å². The van der Waals surface area contributed by atoms with E-state index >= 15 is 0 Å². The summed E-state index contributed by atoms with van der Waals surface area (Å²) in [6, 6.07) is 10.1. The molecular weight excluding hydrogens is 330 g/mol. The molecule has 114 valence electrons. The van der Waals surface area contributed by atoms with Gasteiger partial charge in [0.15, 0.2) is 0 Å². The van der Waals surface area contributed by atoms with E-state index in [1.54, 1.807) is 6.92 Å². The van der Waals surface area contributed by atoms with Gasteiger partial charge in [-0.25, -0.2) is 0 Å². The van der Waals surface area contributed by atoms with Gasteiger partial charge < -0.3 is 5.32 Å². The van der Waals surface area contributed by atoms with Crippen molar-refractivity contribution < 1.29 is 4.79 Å². The summed E-state index contributed by atoms with van der Waals surface area (Å²) >= 11 is 3.50. The summed E-state index contributed by atoms with van der Waals surface area (Å²) < 4.78 is 1.03. The maximum absolute atomic E-state index is 12.1. The smallest absolute Gasteiger partial charge is 0.235 e. The van der Waals surface area contributed by atoms with Gasteiger partial charge in [-0.2, -0.15) is 5.26 Å². The molecule has 1 rings (SSSR count). The highest BCUT2D eigenvalue weighted by Gasteiger charge is 2.30. The first kappa shape index (κ1) is 17.7.